The predicted octanol–water partition coefficient (Wildman–Crippen LogP) is 2.83. The Labute approximate surface area is 76.2 Å². The van der Waals surface area contributed by atoms with Crippen LogP contribution in [0.2, 0.25) is 0 Å². The van der Waals surface area contributed by atoms with Crippen LogP contribution in [0.1, 0.15) is 46.5 Å². The summed E-state index contributed by atoms with van der Waals surface area (Å²) in [5.74, 6) is 2.33. The average Bonchev–Trinajstić information content (AvgIpc) is 1.82. The first-order valence-electron chi connectivity index (χ1n) is 5.33. The van der Waals surface area contributed by atoms with Gasteiger partial charge in [0.25, 0.3) is 0 Å². The zero-order valence-corrected chi connectivity index (χ0v) is 8.59. The van der Waals surface area contributed by atoms with E-state index < -0.39 is 0 Å². The molecule has 1 nitrogen and oxygen atoms in total. The van der Waals surface area contributed by atoms with Gasteiger partial charge in [0.05, 0.1) is 6.10 Å². The predicted molar refractivity (Wildman–Crippen MR) is 52.0 cm³/mol. The molecule has 1 atom stereocenters. The summed E-state index contributed by atoms with van der Waals surface area (Å²) in [6.45, 7) is 6.71. The molecule has 0 aromatic heterocycles. The lowest BCUT2D eigenvalue weighted by Crippen LogP contribution is -2.35. The molecule has 1 rings (SSSR count). The SMILES string of the molecule is CCCC(O)C1CC(C(C)C)C1. The molecule has 0 aromatic carbocycles. The lowest BCUT2D eigenvalue weighted by Gasteiger charge is -2.40. The van der Waals surface area contributed by atoms with Gasteiger partial charge in [0, 0.05) is 0 Å². The van der Waals surface area contributed by atoms with Crippen molar-refractivity contribution in [2.24, 2.45) is 17.8 Å². The van der Waals surface area contributed by atoms with Crippen LogP contribution in [0.4, 0.5) is 0 Å². The third-order valence-corrected chi connectivity index (χ3v) is 3.28. The molecular formula is C11H22O. The van der Waals surface area contributed by atoms with Crippen LogP contribution in [0.15, 0.2) is 0 Å². The minimum Gasteiger partial charge on any atom is -0.393 e. The van der Waals surface area contributed by atoms with Crippen molar-refractivity contribution in [2.75, 3.05) is 0 Å². The van der Waals surface area contributed by atoms with Crippen LogP contribution in [0, 0.1) is 17.8 Å². The van der Waals surface area contributed by atoms with Gasteiger partial charge >= 0.3 is 0 Å². The van der Waals surface area contributed by atoms with Crippen molar-refractivity contribution in [3.8, 4) is 0 Å². The lowest BCUT2D eigenvalue weighted by molar-refractivity contribution is 0.00696. The fourth-order valence-electron chi connectivity index (χ4n) is 2.10. The largest absolute Gasteiger partial charge is 0.393 e. The van der Waals surface area contributed by atoms with Crippen LogP contribution in [0.3, 0.4) is 0 Å². The van der Waals surface area contributed by atoms with E-state index in [1.165, 1.54) is 12.8 Å². The van der Waals surface area contributed by atoms with E-state index in [4.69, 9.17) is 0 Å². The van der Waals surface area contributed by atoms with Gasteiger partial charge < -0.3 is 5.11 Å². The van der Waals surface area contributed by atoms with Gasteiger partial charge in [-0.05, 0) is 37.0 Å². The molecule has 0 amide bonds. The monoisotopic (exact) mass is 170 g/mol. The summed E-state index contributed by atoms with van der Waals surface area (Å²) in [5.41, 5.74) is 0. The summed E-state index contributed by atoms with van der Waals surface area (Å²) in [5, 5.41) is 9.67. The van der Waals surface area contributed by atoms with Crippen LogP contribution in [-0.2, 0) is 0 Å². The fourth-order valence-corrected chi connectivity index (χ4v) is 2.10. The lowest BCUT2D eigenvalue weighted by atomic mass is 9.67. The molecule has 0 heterocycles. The van der Waals surface area contributed by atoms with Crippen molar-refractivity contribution in [1.82, 2.24) is 0 Å². The molecule has 1 heteroatoms. The quantitative estimate of drug-likeness (QED) is 0.688. The third-order valence-electron chi connectivity index (χ3n) is 3.28. The molecule has 1 aliphatic carbocycles. The van der Waals surface area contributed by atoms with E-state index in [-0.39, 0.29) is 6.10 Å². The molecule has 72 valence electrons. The molecule has 1 N–H and O–H groups in total. The van der Waals surface area contributed by atoms with Gasteiger partial charge in [-0.25, -0.2) is 0 Å². The van der Waals surface area contributed by atoms with Crippen LogP contribution < -0.4 is 0 Å². The summed E-state index contributed by atoms with van der Waals surface area (Å²) < 4.78 is 0. The van der Waals surface area contributed by atoms with Gasteiger partial charge in [-0.15, -0.1) is 0 Å². The van der Waals surface area contributed by atoms with Crippen LogP contribution in [-0.4, -0.2) is 11.2 Å². The Morgan fingerprint density at radius 3 is 2.25 bits per heavy atom. The fraction of sp³-hybridized carbons (Fsp3) is 1.00. The second-order valence-electron chi connectivity index (χ2n) is 4.59. The van der Waals surface area contributed by atoms with Gasteiger partial charge in [0.15, 0.2) is 0 Å². The normalized spacial score (nSPS) is 31.8. The van der Waals surface area contributed by atoms with Gasteiger partial charge in [-0.3, -0.25) is 0 Å². The molecule has 1 aliphatic rings. The van der Waals surface area contributed by atoms with Crippen LogP contribution in [0.25, 0.3) is 0 Å². The zero-order chi connectivity index (χ0) is 9.14. The van der Waals surface area contributed by atoms with Crippen molar-refractivity contribution in [1.29, 1.82) is 0 Å². The Hall–Kier alpha value is -0.0400. The Balaban J connectivity index is 2.16. The summed E-state index contributed by atoms with van der Waals surface area (Å²) >= 11 is 0. The first kappa shape index (κ1) is 10.0. The highest BCUT2D eigenvalue weighted by Gasteiger charge is 2.34. The van der Waals surface area contributed by atoms with E-state index in [2.05, 4.69) is 20.8 Å². The molecule has 0 spiro atoms. The second-order valence-corrected chi connectivity index (χ2v) is 4.59. The minimum absolute atomic E-state index is 0.00926. The molecule has 0 bridgehead atoms. The molecular weight excluding hydrogens is 148 g/mol. The maximum Gasteiger partial charge on any atom is 0.0568 e. The van der Waals surface area contributed by atoms with E-state index >= 15 is 0 Å². The molecule has 0 aliphatic heterocycles. The van der Waals surface area contributed by atoms with Gasteiger partial charge in [-0.2, -0.15) is 0 Å². The van der Waals surface area contributed by atoms with Crippen molar-refractivity contribution in [3.05, 3.63) is 0 Å². The molecule has 1 unspecified atom stereocenters. The highest BCUT2D eigenvalue weighted by Crippen LogP contribution is 2.41. The zero-order valence-electron chi connectivity index (χ0n) is 8.59. The van der Waals surface area contributed by atoms with Crippen molar-refractivity contribution in [2.45, 2.75) is 52.6 Å². The van der Waals surface area contributed by atoms with E-state index in [1.54, 1.807) is 0 Å². The van der Waals surface area contributed by atoms with E-state index in [0.717, 1.165) is 24.7 Å². The molecule has 0 aromatic rings. The Bertz CT molecular complexity index is 125. The molecule has 0 saturated heterocycles. The first-order valence-corrected chi connectivity index (χ1v) is 5.33. The Morgan fingerprint density at radius 2 is 1.83 bits per heavy atom. The third kappa shape index (κ3) is 2.22. The standard InChI is InChI=1S/C11H22O/c1-4-5-11(12)10-6-9(7-10)8(2)3/h8-12H,4-7H2,1-3H3. The Kier molecular flexibility index (Phi) is 3.57. The molecule has 1 fully saturated rings. The summed E-state index contributed by atoms with van der Waals surface area (Å²) in [6, 6.07) is 0. The topological polar surface area (TPSA) is 20.2 Å². The van der Waals surface area contributed by atoms with Crippen molar-refractivity contribution < 1.29 is 5.11 Å². The van der Waals surface area contributed by atoms with Crippen molar-refractivity contribution in [3.63, 3.8) is 0 Å². The number of aliphatic hydroxyl groups excluding tert-OH is 1. The van der Waals surface area contributed by atoms with Gasteiger partial charge in [-0.1, -0.05) is 27.2 Å². The van der Waals surface area contributed by atoms with Crippen molar-refractivity contribution >= 4 is 0 Å². The summed E-state index contributed by atoms with van der Waals surface area (Å²) in [4.78, 5) is 0. The van der Waals surface area contributed by atoms with E-state index in [1.807, 2.05) is 0 Å². The molecule has 0 radical (unpaired) electrons. The smallest absolute Gasteiger partial charge is 0.0568 e. The molecule has 1 saturated carbocycles. The number of hydrogen-bond acceptors (Lipinski definition) is 1. The second kappa shape index (κ2) is 4.27. The highest BCUT2D eigenvalue weighted by atomic mass is 16.3. The maximum absolute atomic E-state index is 9.67. The van der Waals surface area contributed by atoms with Gasteiger partial charge in [0.2, 0.25) is 0 Å². The molecule has 12 heavy (non-hydrogen) atoms. The van der Waals surface area contributed by atoms with E-state index in [9.17, 15) is 5.11 Å². The number of aliphatic hydroxyl groups is 1. The van der Waals surface area contributed by atoms with Crippen LogP contribution in [0.5, 0.6) is 0 Å². The van der Waals surface area contributed by atoms with Gasteiger partial charge in [0.1, 0.15) is 0 Å². The van der Waals surface area contributed by atoms with Crippen LogP contribution >= 0.6 is 0 Å². The average molecular weight is 170 g/mol. The minimum atomic E-state index is -0.00926. The number of rotatable bonds is 4. The summed E-state index contributed by atoms with van der Waals surface area (Å²) in [7, 11) is 0. The van der Waals surface area contributed by atoms with E-state index in [0.29, 0.717) is 5.92 Å². The number of hydrogen-bond donors (Lipinski definition) is 1. The first-order chi connectivity index (χ1) is 5.65. The summed E-state index contributed by atoms with van der Waals surface area (Å²) in [6.07, 6.45) is 4.63. The Morgan fingerprint density at radius 1 is 1.25 bits per heavy atom. The highest BCUT2D eigenvalue weighted by molar-refractivity contribution is 4.85. The maximum atomic E-state index is 9.67.